The van der Waals surface area contributed by atoms with E-state index in [-0.39, 0.29) is 5.91 Å². The normalized spacial score (nSPS) is 17.0. The van der Waals surface area contributed by atoms with Gasteiger partial charge in [0.05, 0.1) is 10.6 Å². The van der Waals surface area contributed by atoms with Crippen molar-refractivity contribution in [1.29, 1.82) is 0 Å². The van der Waals surface area contributed by atoms with E-state index in [0.29, 0.717) is 9.23 Å². The number of benzene rings is 2. The minimum atomic E-state index is -0.0855. The van der Waals surface area contributed by atoms with E-state index in [9.17, 15) is 4.79 Å². The number of carbonyl (C=O) groups is 1. The molecule has 0 atom stereocenters. The second-order valence-corrected chi connectivity index (χ2v) is 7.80. The van der Waals surface area contributed by atoms with E-state index in [1.54, 1.807) is 4.90 Å². The van der Waals surface area contributed by atoms with Crippen molar-refractivity contribution in [3.05, 3.63) is 81.2 Å². The Morgan fingerprint density at radius 1 is 1.12 bits per heavy atom. The quantitative estimate of drug-likeness (QED) is 0.466. The lowest BCUT2D eigenvalue weighted by atomic mass is 10.1. The lowest BCUT2D eigenvalue weighted by Gasteiger charge is -2.15. The summed E-state index contributed by atoms with van der Waals surface area (Å²) in [5.41, 5.74) is 2.88. The predicted molar refractivity (Wildman–Crippen MR) is 110 cm³/mol. The minimum absolute atomic E-state index is 0.0855. The summed E-state index contributed by atoms with van der Waals surface area (Å²) >= 11 is 10.2. The SMILES string of the molecule is CC(=Cc1ccccc1)C=C1SC(=S)N(c2ccccc2Br)C1=O. The highest BCUT2D eigenvalue weighted by atomic mass is 79.9. The number of para-hydroxylation sites is 1. The third kappa shape index (κ3) is 3.69. The first-order chi connectivity index (χ1) is 11.6. The van der Waals surface area contributed by atoms with E-state index in [4.69, 9.17) is 12.2 Å². The minimum Gasteiger partial charge on any atom is -0.268 e. The molecule has 0 spiro atoms. The van der Waals surface area contributed by atoms with Crippen LogP contribution in [0.15, 0.2) is 75.6 Å². The summed E-state index contributed by atoms with van der Waals surface area (Å²) in [7, 11) is 0. The molecule has 0 saturated carbocycles. The number of anilines is 1. The predicted octanol–water partition coefficient (Wildman–Crippen LogP) is 5.80. The van der Waals surface area contributed by atoms with Crippen LogP contribution in [0.4, 0.5) is 5.69 Å². The number of carbonyl (C=O) groups excluding carboxylic acids is 1. The molecular weight excluding hydrogens is 402 g/mol. The van der Waals surface area contributed by atoms with Crippen LogP contribution < -0.4 is 4.90 Å². The highest BCUT2D eigenvalue weighted by molar-refractivity contribution is 9.10. The number of hydrogen-bond donors (Lipinski definition) is 0. The zero-order valence-electron chi connectivity index (χ0n) is 12.9. The first kappa shape index (κ1) is 17.1. The van der Waals surface area contributed by atoms with E-state index in [0.717, 1.165) is 21.3 Å². The fraction of sp³-hybridized carbons (Fsp3) is 0.0526. The van der Waals surface area contributed by atoms with Gasteiger partial charge in [-0.1, -0.05) is 72.5 Å². The number of rotatable bonds is 3. The van der Waals surface area contributed by atoms with Crippen LogP contribution in [0.2, 0.25) is 0 Å². The molecule has 0 bridgehead atoms. The van der Waals surface area contributed by atoms with Gasteiger partial charge in [-0.25, -0.2) is 0 Å². The third-order valence-corrected chi connectivity index (χ3v) is 5.41. The van der Waals surface area contributed by atoms with Gasteiger partial charge in [-0.2, -0.15) is 0 Å². The summed E-state index contributed by atoms with van der Waals surface area (Å²) in [5.74, 6) is -0.0855. The van der Waals surface area contributed by atoms with Crippen LogP contribution in [0.3, 0.4) is 0 Å². The van der Waals surface area contributed by atoms with Gasteiger partial charge >= 0.3 is 0 Å². The van der Waals surface area contributed by atoms with E-state index < -0.39 is 0 Å². The molecule has 2 nitrogen and oxygen atoms in total. The summed E-state index contributed by atoms with van der Waals surface area (Å²) in [6, 6.07) is 17.6. The molecule has 2 aromatic carbocycles. The highest BCUT2D eigenvalue weighted by Gasteiger charge is 2.34. The zero-order valence-corrected chi connectivity index (χ0v) is 16.1. The van der Waals surface area contributed by atoms with Crippen LogP contribution in [0.1, 0.15) is 12.5 Å². The smallest absolute Gasteiger partial charge is 0.268 e. The average Bonchev–Trinajstić information content (AvgIpc) is 2.83. The lowest BCUT2D eigenvalue weighted by molar-refractivity contribution is -0.113. The fourth-order valence-corrected chi connectivity index (χ4v) is 4.17. The van der Waals surface area contributed by atoms with Crippen LogP contribution in [-0.2, 0) is 4.79 Å². The van der Waals surface area contributed by atoms with Gasteiger partial charge in [0.2, 0.25) is 0 Å². The molecule has 1 aliphatic heterocycles. The molecule has 1 heterocycles. The molecule has 3 rings (SSSR count). The Bertz CT molecular complexity index is 859. The van der Waals surface area contributed by atoms with Crippen LogP contribution in [0.25, 0.3) is 6.08 Å². The van der Waals surface area contributed by atoms with Crippen molar-refractivity contribution in [3.8, 4) is 0 Å². The van der Waals surface area contributed by atoms with Crippen molar-refractivity contribution < 1.29 is 4.79 Å². The molecule has 120 valence electrons. The zero-order chi connectivity index (χ0) is 17.1. The summed E-state index contributed by atoms with van der Waals surface area (Å²) in [4.78, 5) is 15.0. The third-order valence-electron chi connectivity index (χ3n) is 3.44. The topological polar surface area (TPSA) is 20.3 Å². The number of amides is 1. The van der Waals surface area contributed by atoms with E-state index in [1.165, 1.54) is 11.8 Å². The Kier molecular flexibility index (Phi) is 5.33. The van der Waals surface area contributed by atoms with Gasteiger partial charge in [0.15, 0.2) is 4.32 Å². The van der Waals surface area contributed by atoms with Gasteiger partial charge in [-0.05, 0) is 52.2 Å². The van der Waals surface area contributed by atoms with E-state index >= 15 is 0 Å². The molecule has 0 N–H and O–H groups in total. The van der Waals surface area contributed by atoms with Gasteiger partial charge < -0.3 is 0 Å². The van der Waals surface area contributed by atoms with Gasteiger partial charge in [-0.3, -0.25) is 9.69 Å². The molecule has 0 aromatic heterocycles. The Morgan fingerprint density at radius 3 is 2.50 bits per heavy atom. The summed E-state index contributed by atoms with van der Waals surface area (Å²) in [5, 5.41) is 0. The second-order valence-electron chi connectivity index (χ2n) is 5.27. The van der Waals surface area contributed by atoms with Crippen molar-refractivity contribution in [3.63, 3.8) is 0 Å². The van der Waals surface area contributed by atoms with E-state index in [1.807, 2.05) is 73.7 Å². The first-order valence-electron chi connectivity index (χ1n) is 7.32. The van der Waals surface area contributed by atoms with Gasteiger partial charge in [-0.15, -0.1) is 0 Å². The number of allylic oxidation sites excluding steroid dienone is 2. The van der Waals surface area contributed by atoms with E-state index in [2.05, 4.69) is 15.9 Å². The van der Waals surface area contributed by atoms with Crippen molar-refractivity contribution in [1.82, 2.24) is 0 Å². The average molecular weight is 416 g/mol. The van der Waals surface area contributed by atoms with Gasteiger partial charge in [0, 0.05) is 4.47 Å². The van der Waals surface area contributed by atoms with Crippen molar-refractivity contribution >= 4 is 61.9 Å². The molecule has 0 aliphatic carbocycles. The van der Waals surface area contributed by atoms with Crippen LogP contribution in [0, 0.1) is 0 Å². The standard InChI is InChI=1S/C19H14BrNOS2/c1-13(11-14-7-3-2-4-8-14)12-17-18(22)21(19(23)24-17)16-10-6-5-9-15(16)20/h2-12H,1H3. The molecular formula is C19H14BrNOS2. The van der Waals surface area contributed by atoms with Gasteiger partial charge in [0.1, 0.15) is 0 Å². The maximum absolute atomic E-state index is 12.8. The Hall–Kier alpha value is -1.69. The number of hydrogen-bond acceptors (Lipinski definition) is 3. The number of thioether (sulfide) groups is 1. The largest absolute Gasteiger partial charge is 0.270 e. The second kappa shape index (κ2) is 7.47. The highest BCUT2D eigenvalue weighted by Crippen LogP contribution is 2.38. The van der Waals surface area contributed by atoms with Crippen LogP contribution in [-0.4, -0.2) is 10.2 Å². The van der Waals surface area contributed by atoms with Crippen molar-refractivity contribution in [2.75, 3.05) is 4.90 Å². The fourth-order valence-electron chi connectivity index (χ4n) is 2.37. The molecule has 1 saturated heterocycles. The maximum atomic E-state index is 12.8. The Labute approximate surface area is 159 Å². The molecule has 1 amide bonds. The number of thiocarbonyl (C=S) groups is 1. The van der Waals surface area contributed by atoms with Crippen LogP contribution in [0.5, 0.6) is 0 Å². The molecule has 5 heteroatoms. The van der Waals surface area contributed by atoms with Crippen molar-refractivity contribution in [2.45, 2.75) is 6.92 Å². The number of nitrogens with zero attached hydrogens (tertiary/aromatic N) is 1. The summed E-state index contributed by atoms with van der Waals surface area (Å²) in [6.45, 7) is 1.98. The molecule has 24 heavy (non-hydrogen) atoms. The molecule has 2 aromatic rings. The Balaban J connectivity index is 1.89. The monoisotopic (exact) mass is 415 g/mol. The summed E-state index contributed by atoms with van der Waals surface area (Å²) in [6.07, 6.45) is 3.94. The van der Waals surface area contributed by atoms with Crippen LogP contribution >= 0.6 is 39.9 Å². The number of halogens is 1. The maximum Gasteiger partial charge on any atom is 0.270 e. The Morgan fingerprint density at radius 2 is 1.79 bits per heavy atom. The van der Waals surface area contributed by atoms with Crippen molar-refractivity contribution in [2.24, 2.45) is 0 Å². The molecule has 1 fully saturated rings. The molecule has 0 unspecified atom stereocenters. The molecule has 1 aliphatic rings. The lowest BCUT2D eigenvalue weighted by Crippen LogP contribution is -2.27. The molecule has 0 radical (unpaired) electrons. The summed E-state index contributed by atoms with van der Waals surface area (Å²) < 4.78 is 1.39. The van der Waals surface area contributed by atoms with Gasteiger partial charge in [0.25, 0.3) is 5.91 Å². The first-order valence-corrected chi connectivity index (χ1v) is 9.34.